The average molecular weight is 279 g/mol. The molecule has 1 unspecified atom stereocenters. The molecule has 2 aromatic rings. The van der Waals surface area contributed by atoms with E-state index in [4.69, 9.17) is 4.42 Å². The fourth-order valence-corrected chi connectivity index (χ4v) is 2.90. The van der Waals surface area contributed by atoms with Crippen molar-refractivity contribution < 1.29 is 4.42 Å². The van der Waals surface area contributed by atoms with E-state index in [0.29, 0.717) is 12.0 Å². The molecular weight excluding hydrogens is 258 g/mol. The molecule has 104 valence electrons. The molecule has 2 rings (SSSR count). The summed E-state index contributed by atoms with van der Waals surface area (Å²) in [6.07, 6.45) is 4.68. The van der Waals surface area contributed by atoms with E-state index in [9.17, 15) is 0 Å². The maximum atomic E-state index is 5.33. The van der Waals surface area contributed by atoms with E-state index >= 15 is 0 Å². The Bertz CT molecular complexity index is 479. The first-order valence-electron chi connectivity index (χ1n) is 6.74. The highest BCUT2D eigenvalue weighted by Crippen LogP contribution is 2.19. The smallest absolute Gasteiger partial charge is 0.205 e. The van der Waals surface area contributed by atoms with Crippen molar-refractivity contribution in [1.29, 1.82) is 0 Å². The number of anilines is 1. The first-order valence-corrected chi connectivity index (χ1v) is 7.56. The lowest BCUT2D eigenvalue weighted by Gasteiger charge is -2.10. The van der Waals surface area contributed by atoms with Crippen LogP contribution < -0.4 is 5.32 Å². The predicted molar refractivity (Wildman–Crippen MR) is 78.6 cm³/mol. The minimum Gasteiger partial charge on any atom is -0.469 e. The Morgan fingerprint density at radius 3 is 2.84 bits per heavy atom. The number of hydrogen-bond donors (Lipinski definition) is 1. The number of rotatable bonds is 7. The highest BCUT2D eigenvalue weighted by Gasteiger charge is 2.09. The minimum absolute atomic E-state index is 0.366. The average Bonchev–Trinajstić information content (AvgIpc) is 2.97. The van der Waals surface area contributed by atoms with Crippen molar-refractivity contribution in [3.63, 3.8) is 0 Å². The molecule has 1 N–H and O–H groups in total. The number of nitrogens with one attached hydrogen (secondary N) is 1. The van der Waals surface area contributed by atoms with Gasteiger partial charge in [-0.3, -0.25) is 0 Å². The molecule has 0 fully saturated rings. The number of hydrogen-bond acceptors (Lipinski definition) is 5. The molecule has 0 aliphatic rings. The van der Waals surface area contributed by atoms with Crippen molar-refractivity contribution in [1.82, 2.24) is 10.2 Å². The van der Waals surface area contributed by atoms with E-state index in [2.05, 4.69) is 36.3 Å². The van der Waals surface area contributed by atoms with E-state index in [1.165, 1.54) is 0 Å². The highest BCUT2D eigenvalue weighted by molar-refractivity contribution is 7.15. The van der Waals surface area contributed by atoms with Gasteiger partial charge >= 0.3 is 0 Å². The Balaban J connectivity index is 1.78. The molecule has 0 spiro atoms. The molecule has 0 amide bonds. The van der Waals surface area contributed by atoms with Crippen LogP contribution in [0, 0.1) is 5.92 Å². The van der Waals surface area contributed by atoms with Crippen LogP contribution in [0.15, 0.2) is 22.8 Å². The Kier molecular flexibility index (Phi) is 4.96. The maximum Gasteiger partial charge on any atom is 0.205 e. The van der Waals surface area contributed by atoms with Gasteiger partial charge in [-0.05, 0) is 31.4 Å². The molecule has 0 saturated carbocycles. The number of aromatic nitrogens is 2. The van der Waals surface area contributed by atoms with Crippen LogP contribution in [0.5, 0.6) is 0 Å². The van der Waals surface area contributed by atoms with Gasteiger partial charge in [-0.25, -0.2) is 0 Å². The summed E-state index contributed by atoms with van der Waals surface area (Å²) in [5.41, 5.74) is 0. The molecule has 1 atom stereocenters. The lowest BCUT2D eigenvalue weighted by atomic mass is 10.1. The third kappa shape index (κ3) is 4.67. The van der Waals surface area contributed by atoms with Crippen molar-refractivity contribution in [3.05, 3.63) is 29.2 Å². The summed E-state index contributed by atoms with van der Waals surface area (Å²) >= 11 is 1.66. The molecule has 2 aromatic heterocycles. The normalized spacial score (nSPS) is 12.8. The van der Waals surface area contributed by atoms with E-state index in [-0.39, 0.29) is 0 Å². The lowest BCUT2D eigenvalue weighted by molar-refractivity contribution is 0.495. The number of nitrogens with zero attached hydrogens (tertiary/aromatic N) is 2. The first kappa shape index (κ1) is 14.1. The van der Waals surface area contributed by atoms with Gasteiger partial charge in [0.05, 0.1) is 6.26 Å². The Hall–Kier alpha value is -1.36. The second-order valence-electron chi connectivity index (χ2n) is 5.26. The van der Waals surface area contributed by atoms with Crippen molar-refractivity contribution in [2.75, 3.05) is 5.32 Å². The molecule has 2 heterocycles. The van der Waals surface area contributed by atoms with Crippen LogP contribution in [0.25, 0.3) is 0 Å². The van der Waals surface area contributed by atoms with Crippen LogP contribution >= 0.6 is 11.3 Å². The van der Waals surface area contributed by atoms with E-state index in [1.807, 2.05) is 12.1 Å². The van der Waals surface area contributed by atoms with Crippen LogP contribution in [0.2, 0.25) is 0 Å². The van der Waals surface area contributed by atoms with Gasteiger partial charge in [-0.2, -0.15) is 0 Å². The predicted octanol–water partition coefficient (Wildman–Crippen LogP) is 3.76. The Morgan fingerprint density at radius 1 is 1.32 bits per heavy atom. The van der Waals surface area contributed by atoms with Crippen LogP contribution in [0.3, 0.4) is 0 Å². The van der Waals surface area contributed by atoms with Gasteiger partial charge in [-0.1, -0.05) is 25.2 Å². The monoisotopic (exact) mass is 279 g/mol. The zero-order chi connectivity index (χ0) is 13.7. The van der Waals surface area contributed by atoms with Gasteiger partial charge in [-0.15, -0.1) is 10.2 Å². The molecule has 5 heteroatoms. The van der Waals surface area contributed by atoms with Gasteiger partial charge in [0.15, 0.2) is 0 Å². The maximum absolute atomic E-state index is 5.33. The quantitative estimate of drug-likeness (QED) is 0.838. The SMILES string of the molecule is CC(C)Cc1nnc(NC(C)CCc2ccco2)s1. The molecule has 19 heavy (non-hydrogen) atoms. The lowest BCUT2D eigenvalue weighted by Crippen LogP contribution is -2.15. The first-order chi connectivity index (χ1) is 9.13. The Labute approximate surface area is 118 Å². The summed E-state index contributed by atoms with van der Waals surface area (Å²) in [5, 5.41) is 13.8. The molecule has 0 aliphatic heterocycles. The Morgan fingerprint density at radius 2 is 2.16 bits per heavy atom. The van der Waals surface area contributed by atoms with Crippen LogP contribution in [-0.2, 0) is 12.8 Å². The molecule has 0 radical (unpaired) electrons. The molecule has 4 nitrogen and oxygen atoms in total. The highest BCUT2D eigenvalue weighted by atomic mass is 32.1. The number of furan rings is 1. The number of aryl methyl sites for hydroxylation is 1. The second-order valence-corrected chi connectivity index (χ2v) is 6.32. The zero-order valence-corrected chi connectivity index (χ0v) is 12.5. The largest absolute Gasteiger partial charge is 0.469 e. The van der Waals surface area contributed by atoms with Gasteiger partial charge < -0.3 is 9.73 Å². The minimum atomic E-state index is 0.366. The summed E-state index contributed by atoms with van der Waals surface area (Å²) in [6.45, 7) is 6.55. The molecule has 0 aliphatic carbocycles. The van der Waals surface area contributed by atoms with Gasteiger partial charge in [0.25, 0.3) is 0 Å². The van der Waals surface area contributed by atoms with Crippen molar-refractivity contribution in [3.8, 4) is 0 Å². The van der Waals surface area contributed by atoms with Crippen LogP contribution in [0.4, 0.5) is 5.13 Å². The van der Waals surface area contributed by atoms with Crippen LogP contribution in [0.1, 0.15) is 38.0 Å². The van der Waals surface area contributed by atoms with E-state index in [0.717, 1.165) is 35.2 Å². The molecule has 0 saturated heterocycles. The van der Waals surface area contributed by atoms with Gasteiger partial charge in [0, 0.05) is 18.9 Å². The van der Waals surface area contributed by atoms with Crippen molar-refractivity contribution in [2.24, 2.45) is 5.92 Å². The summed E-state index contributed by atoms with van der Waals surface area (Å²) in [4.78, 5) is 0. The zero-order valence-electron chi connectivity index (χ0n) is 11.7. The van der Waals surface area contributed by atoms with Crippen molar-refractivity contribution >= 4 is 16.5 Å². The summed E-state index contributed by atoms with van der Waals surface area (Å²) in [6, 6.07) is 4.30. The molecular formula is C14H21N3OS. The third-order valence-corrected chi connectivity index (χ3v) is 3.70. The molecule has 0 bridgehead atoms. The molecule has 0 aromatic carbocycles. The fourth-order valence-electron chi connectivity index (χ4n) is 1.84. The van der Waals surface area contributed by atoms with Crippen molar-refractivity contribution in [2.45, 2.75) is 46.1 Å². The summed E-state index contributed by atoms with van der Waals surface area (Å²) in [5.74, 6) is 1.66. The fraction of sp³-hybridized carbons (Fsp3) is 0.571. The van der Waals surface area contributed by atoms with Gasteiger partial charge in [0.1, 0.15) is 10.8 Å². The third-order valence-electron chi connectivity index (χ3n) is 2.82. The second kappa shape index (κ2) is 6.70. The topological polar surface area (TPSA) is 51.0 Å². The summed E-state index contributed by atoms with van der Waals surface area (Å²) < 4.78 is 5.33. The van der Waals surface area contributed by atoms with Gasteiger partial charge in [0.2, 0.25) is 5.13 Å². The van der Waals surface area contributed by atoms with Crippen LogP contribution in [-0.4, -0.2) is 16.2 Å². The summed E-state index contributed by atoms with van der Waals surface area (Å²) in [7, 11) is 0. The standard InChI is InChI=1S/C14H21N3OS/c1-10(2)9-13-16-17-14(19-13)15-11(3)6-7-12-5-4-8-18-12/h4-5,8,10-11H,6-7,9H2,1-3H3,(H,15,17). The van der Waals surface area contributed by atoms with E-state index < -0.39 is 0 Å². The van der Waals surface area contributed by atoms with E-state index in [1.54, 1.807) is 17.6 Å².